The van der Waals surface area contributed by atoms with Crippen LogP contribution in [0.15, 0.2) is 23.7 Å². The Morgan fingerprint density at radius 2 is 2.22 bits per heavy atom. The van der Waals surface area contributed by atoms with Crippen LogP contribution in [0.1, 0.15) is 16.1 Å². The Morgan fingerprint density at radius 3 is 2.89 bits per heavy atom. The molecule has 0 saturated carbocycles. The number of aromatic nitrogens is 1. The van der Waals surface area contributed by atoms with E-state index in [1.54, 1.807) is 0 Å². The van der Waals surface area contributed by atoms with Gasteiger partial charge in [0.25, 0.3) is 0 Å². The van der Waals surface area contributed by atoms with Crippen LogP contribution in [0.5, 0.6) is 0 Å². The number of benzene rings is 1. The molecule has 1 aromatic carbocycles. The molecule has 18 heavy (non-hydrogen) atoms. The number of aromatic carboxylic acids is 1. The first-order chi connectivity index (χ1) is 8.58. The van der Waals surface area contributed by atoms with E-state index in [0.29, 0.717) is 5.00 Å². The molecule has 2 aromatic rings. The number of carboxylic acids is 1. The molecule has 0 aliphatic carbocycles. The second-order valence-electron chi connectivity index (χ2n) is 3.42. The average molecular weight is 270 g/mol. The maximum atomic E-state index is 13.3. The monoisotopic (exact) mass is 270 g/mol. The molecule has 0 unspecified atom stereocenters. The average Bonchev–Trinajstić information content (AvgIpc) is 2.76. The SMILES string of the molecule is O=C(O)c1ncsc1NCc1ccc(F)cc1F. The van der Waals surface area contributed by atoms with Crippen molar-refractivity contribution in [2.45, 2.75) is 6.54 Å². The lowest BCUT2D eigenvalue weighted by atomic mass is 10.2. The van der Waals surface area contributed by atoms with Gasteiger partial charge in [-0.2, -0.15) is 0 Å². The minimum absolute atomic E-state index is 0.0641. The summed E-state index contributed by atoms with van der Waals surface area (Å²) in [5.74, 6) is -2.48. The number of halogens is 2. The summed E-state index contributed by atoms with van der Waals surface area (Å²) >= 11 is 1.11. The molecule has 1 heterocycles. The van der Waals surface area contributed by atoms with Crippen molar-refractivity contribution in [2.75, 3.05) is 5.32 Å². The number of thiazole rings is 1. The normalized spacial score (nSPS) is 10.3. The third kappa shape index (κ3) is 2.62. The van der Waals surface area contributed by atoms with Gasteiger partial charge in [0.2, 0.25) is 0 Å². The lowest BCUT2D eigenvalue weighted by Crippen LogP contribution is -2.06. The second-order valence-corrected chi connectivity index (χ2v) is 4.28. The molecule has 0 amide bonds. The van der Waals surface area contributed by atoms with Gasteiger partial charge in [0.15, 0.2) is 5.69 Å². The molecule has 0 spiro atoms. The van der Waals surface area contributed by atoms with E-state index in [-0.39, 0.29) is 17.8 Å². The Morgan fingerprint density at radius 1 is 1.44 bits per heavy atom. The van der Waals surface area contributed by atoms with Gasteiger partial charge in [-0.3, -0.25) is 0 Å². The molecular weight excluding hydrogens is 262 g/mol. The molecule has 0 atom stereocenters. The van der Waals surface area contributed by atoms with E-state index in [9.17, 15) is 13.6 Å². The molecule has 0 aliphatic rings. The number of rotatable bonds is 4. The zero-order valence-electron chi connectivity index (χ0n) is 8.98. The van der Waals surface area contributed by atoms with Crippen LogP contribution in [0.3, 0.4) is 0 Å². The highest BCUT2D eigenvalue weighted by Gasteiger charge is 2.13. The summed E-state index contributed by atoms with van der Waals surface area (Å²) in [5.41, 5.74) is 1.52. The van der Waals surface area contributed by atoms with E-state index in [4.69, 9.17) is 5.11 Å². The number of anilines is 1. The van der Waals surface area contributed by atoms with Gasteiger partial charge in [0.05, 0.1) is 5.51 Å². The van der Waals surface area contributed by atoms with Crippen molar-refractivity contribution in [3.05, 3.63) is 46.6 Å². The van der Waals surface area contributed by atoms with Crippen LogP contribution in [-0.4, -0.2) is 16.1 Å². The van der Waals surface area contributed by atoms with Gasteiger partial charge in [0, 0.05) is 18.2 Å². The van der Waals surface area contributed by atoms with E-state index >= 15 is 0 Å². The maximum absolute atomic E-state index is 13.3. The molecule has 1 aromatic heterocycles. The summed E-state index contributed by atoms with van der Waals surface area (Å²) in [6, 6.07) is 3.23. The van der Waals surface area contributed by atoms with Crippen LogP contribution < -0.4 is 5.32 Å². The third-order valence-corrected chi connectivity index (χ3v) is 3.01. The van der Waals surface area contributed by atoms with Gasteiger partial charge in [-0.15, -0.1) is 11.3 Å². The van der Waals surface area contributed by atoms with Gasteiger partial charge < -0.3 is 10.4 Å². The summed E-state index contributed by atoms with van der Waals surface area (Å²) in [5, 5.41) is 11.9. The second kappa shape index (κ2) is 5.09. The van der Waals surface area contributed by atoms with Gasteiger partial charge in [-0.25, -0.2) is 18.6 Å². The Kier molecular flexibility index (Phi) is 3.52. The Labute approximate surface area is 105 Å². The van der Waals surface area contributed by atoms with Crippen LogP contribution in [0.4, 0.5) is 13.8 Å². The molecular formula is C11H8F2N2O2S. The largest absolute Gasteiger partial charge is 0.476 e. The van der Waals surface area contributed by atoms with Gasteiger partial charge in [0.1, 0.15) is 16.6 Å². The predicted octanol–water partition coefficient (Wildman–Crippen LogP) is 2.73. The van der Waals surface area contributed by atoms with E-state index in [1.807, 2.05) is 0 Å². The van der Waals surface area contributed by atoms with Crippen molar-refractivity contribution >= 4 is 22.3 Å². The van der Waals surface area contributed by atoms with Gasteiger partial charge in [-0.05, 0) is 6.07 Å². The first kappa shape index (κ1) is 12.4. The van der Waals surface area contributed by atoms with E-state index in [0.717, 1.165) is 23.5 Å². The number of hydrogen-bond donors (Lipinski definition) is 2. The summed E-state index contributed by atoms with van der Waals surface area (Å²) in [6.07, 6.45) is 0. The summed E-state index contributed by atoms with van der Waals surface area (Å²) in [7, 11) is 0. The highest BCUT2D eigenvalue weighted by molar-refractivity contribution is 7.14. The van der Waals surface area contributed by atoms with Crippen LogP contribution in [0, 0.1) is 11.6 Å². The molecule has 2 N–H and O–H groups in total. The van der Waals surface area contributed by atoms with Crippen molar-refractivity contribution < 1.29 is 18.7 Å². The topological polar surface area (TPSA) is 62.2 Å². The van der Waals surface area contributed by atoms with E-state index < -0.39 is 17.6 Å². The molecule has 2 rings (SSSR count). The minimum atomic E-state index is -1.15. The van der Waals surface area contributed by atoms with Crippen molar-refractivity contribution in [3.8, 4) is 0 Å². The van der Waals surface area contributed by atoms with Crippen molar-refractivity contribution in [2.24, 2.45) is 0 Å². The fourth-order valence-corrected chi connectivity index (χ4v) is 2.04. The predicted molar refractivity (Wildman–Crippen MR) is 62.8 cm³/mol. The van der Waals surface area contributed by atoms with Gasteiger partial charge >= 0.3 is 5.97 Å². The molecule has 0 aliphatic heterocycles. The first-order valence-corrected chi connectivity index (χ1v) is 5.80. The van der Waals surface area contributed by atoms with E-state index in [2.05, 4.69) is 10.3 Å². The molecule has 0 saturated heterocycles. The van der Waals surface area contributed by atoms with E-state index in [1.165, 1.54) is 11.6 Å². The lowest BCUT2D eigenvalue weighted by Gasteiger charge is -2.05. The van der Waals surface area contributed by atoms with Crippen molar-refractivity contribution in [3.63, 3.8) is 0 Å². The fourth-order valence-electron chi connectivity index (χ4n) is 1.36. The molecule has 7 heteroatoms. The van der Waals surface area contributed by atoms with Crippen LogP contribution in [0.2, 0.25) is 0 Å². The van der Waals surface area contributed by atoms with Crippen molar-refractivity contribution in [1.29, 1.82) is 0 Å². The highest BCUT2D eigenvalue weighted by atomic mass is 32.1. The standard InChI is InChI=1S/C11H8F2N2O2S/c12-7-2-1-6(8(13)3-7)4-14-10-9(11(16)17)15-5-18-10/h1-3,5,14H,4H2,(H,16,17). The number of carboxylic acid groups (broad SMARTS) is 1. The highest BCUT2D eigenvalue weighted by Crippen LogP contribution is 2.21. The quantitative estimate of drug-likeness (QED) is 0.896. The van der Waals surface area contributed by atoms with Crippen LogP contribution in [0.25, 0.3) is 0 Å². The summed E-state index contributed by atoms with van der Waals surface area (Å²) in [4.78, 5) is 14.5. The molecule has 0 fully saturated rings. The summed E-state index contributed by atoms with van der Waals surface area (Å²) in [6.45, 7) is 0.0641. The number of nitrogens with zero attached hydrogens (tertiary/aromatic N) is 1. The van der Waals surface area contributed by atoms with Gasteiger partial charge in [-0.1, -0.05) is 6.07 Å². The van der Waals surface area contributed by atoms with Crippen LogP contribution in [-0.2, 0) is 6.54 Å². The van der Waals surface area contributed by atoms with Crippen molar-refractivity contribution in [1.82, 2.24) is 4.98 Å². The number of carbonyl (C=O) groups is 1. The minimum Gasteiger partial charge on any atom is -0.476 e. The molecule has 0 radical (unpaired) electrons. The lowest BCUT2D eigenvalue weighted by molar-refractivity contribution is 0.0692. The zero-order chi connectivity index (χ0) is 13.1. The summed E-state index contributed by atoms with van der Waals surface area (Å²) < 4.78 is 26.0. The molecule has 0 bridgehead atoms. The molecule has 94 valence electrons. The Hall–Kier alpha value is -2.02. The Bertz CT molecular complexity index is 586. The zero-order valence-corrected chi connectivity index (χ0v) is 9.80. The van der Waals surface area contributed by atoms with Crippen LogP contribution >= 0.6 is 11.3 Å². The number of hydrogen-bond acceptors (Lipinski definition) is 4. The maximum Gasteiger partial charge on any atom is 0.357 e. The smallest absolute Gasteiger partial charge is 0.357 e. The third-order valence-electron chi connectivity index (χ3n) is 2.22. The first-order valence-electron chi connectivity index (χ1n) is 4.92. The molecule has 4 nitrogen and oxygen atoms in total. The fraction of sp³-hybridized carbons (Fsp3) is 0.0909. The number of nitrogens with one attached hydrogen (secondary N) is 1. The Balaban J connectivity index is 2.11.